The normalized spacial score (nSPS) is 17.1. The number of piperidine rings is 1. The van der Waals surface area contributed by atoms with Gasteiger partial charge in [0.2, 0.25) is 0 Å². The van der Waals surface area contributed by atoms with Gasteiger partial charge in [-0.3, -0.25) is 14.7 Å². The Hall–Kier alpha value is -3.18. The van der Waals surface area contributed by atoms with Gasteiger partial charge in [0.15, 0.2) is 0 Å². The zero-order valence-corrected chi connectivity index (χ0v) is 18.2. The lowest BCUT2D eigenvalue weighted by Gasteiger charge is -2.36. The summed E-state index contributed by atoms with van der Waals surface area (Å²) in [5.74, 6) is 0.728. The summed E-state index contributed by atoms with van der Waals surface area (Å²) >= 11 is 0. The van der Waals surface area contributed by atoms with E-state index in [0.717, 1.165) is 37.4 Å². The topological polar surface area (TPSA) is 54.5 Å². The third-order valence-corrected chi connectivity index (χ3v) is 6.60. The van der Waals surface area contributed by atoms with Crippen LogP contribution < -0.4 is 10.1 Å². The van der Waals surface area contributed by atoms with E-state index in [1.165, 1.54) is 24.0 Å². The molecule has 0 bridgehead atoms. The molecule has 1 N–H and O–H groups in total. The number of ether oxygens (including phenoxy) is 1. The van der Waals surface area contributed by atoms with E-state index in [4.69, 9.17) is 4.74 Å². The molecule has 5 nitrogen and oxygen atoms in total. The van der Waals surface area contributed by atoms with Crippen molar-refractivity contribution < 1.29 is 9.53 Å². The van der Waals surface area contributed by atoms with Gasteiger partial charge < -0.3 is 10.1 Å². The molecule has 0 saturated carbocycles. The number of benzene rings is 2. The fourth-order valence-corrected chi connectivity index (χ4v) is 4.81. The summed E-state index contributed by atoms with van der Waals surface area (Å²) in [5, 5.41) is 2.91. The lowest BCUT2D eigenvalue weighted by Crippen LogP contribution is -2.44. The van der Waals surface area contributed by atoms with Gasteiger partial charge in [-0.2, -0.15) is 0 Å². The van der Waals surface area contributed by atoms with Crippen molar-refractivity contribution >= 4 is 5.91 Å². The molecule has 1 aromatic heterocycles. The van der Waals surface area contributed by atoms with Crippen LogP contribution in [0.4, 0.5) is 0 Å². The maximum Gasteiger partial charge on any atom is 0.251 e. The van der Waals surface area contributed by atoms with Gasteiger partial charge in [-0.25, -0.2) is 0 Å². The Kier molecular flexibility index (Phi) is 6.17. The number of carbonyl (C=O) groups is 1. The minimum Gasteiger partial charge on any atom is -0.490 e. The van der Waals surface area contributed by atoms with Crippen molar-refractivity contribution in [1.82, 2.24) is 15.2 Å². The number of amides is 1. The highest BCUT2D eigenvalue weighted by Gasteiger charge is 2.30. The van der Waals surface area contributed by atoms with Crippen LogP contribution in [0.5, 0.6) is 5.75 Å². The molecule has 1 aliphatic heterocycles. The van der Waals surface area contributed by atoms with E-state index in [1.54, 1.807) is 6.20 Å². The van der Waals surface area contributed by atoms with Crippen LogP contribution in [-0.4, -0.2) is 41.0 Å². The number of carbonyl (C=O) groups excluding carboxylic acids is 1. The van der Waals surface area contributed by atoms with Crippen LogP contribution in [0.25, 0.3) is 0 Å². The Labute approximate surface area is 189 Å². The number of likely N-dealkylation sites (tertiary alicyclic amines) is 1. The fourth-order valence-electron chi connectivity index (χ4n) is 4.81. The van der Waals surface area contributed by atoms with Crippen LogP contribution >= 0.6 is 0 Å². The molecule has 164 valence electrons. The molecular weight excluding hydrogens is 398 g/mol. The first-order chi connectivity index (χ1) is 15.7. The largest absolute Gasteiger partial charge is 0.490 e. The van der Waals surface area contributed by atoms with E-state index in [1.807, 2.05) is 42.5 Å². The zero-order chi connectivity index (χ0) is 21.8. The predicted octanol–water partition coefficient (Wildman–Crippen LogP) is 4.02. The summed E-state index contributed by atoms with van der Waals surface area (Å²) in [6, 6.07) is 22.6. The molecule has 2 aliphatic rings. The quantitative estimate of drug-likeness (QED) is 0.646. The van der Waals surface area contributed by atoms with E-state index in [2.05, 4.69) is 39.5 Å². The molecule has 2 heterocycles. The second-order valence-electron chi connectivity index (χ2n) is 8.71. The highest BCUT2D eigenvalue weighted by molar-refractivity contribution is 5.94. The lowest BCUT2D eigenvalue weighted by atomic mass is 10.0. The van der Waals surface area contributed by atoms with Gasteiger partial charge in [0, 0.05) is 30.9 Å². The molecule has 1 amide bonds. The van der Waals surface area contributed by atoms with Crippen molar-refractivity contribution in [2.24, 2.45) is 0 Å². The Balaban J connectivity index is 1.08. The smallest absolute Gasteiger partial charge is 0.251 e. The van der Waals surface area contributed by atoms with Gasteiger partial charge >= 0.3 is 0 Å². The predicted molar refractivity (Wildman–Crippen MR) is 125 cm³/mol. The number of pyridine rings is 1. The molecule has 5 heteroatoms. The molecule has 0 atom stereocenters. The highest BCUT2D eigenvalue weighted by Crippen LogP contribution is 2.28. The second-order valence-corrected chi connectivity index (χ2v) is 8.71. The van der Waals surface area contributed by atoms with Gasteiger partial charge in [0.1, 0.15) is 11.9 Å². The number of fused-ring (bicyclic) bond motifs is 1. The number of hydrogen-bond acceptors (Lipinski definition) is 4. The van der Waals surface area contributed by atoms with Crippen LogP contribution in [0.2, 0.25) is 0 Å². The van der Waals surface area contributed by atoms with Crippen LogP contribution in [0.3, 0.4) is 0 Å². The first-order valence-corrected chi connectivity index (χ1v) is 11.5. The average molecular weight is 428 g/mol. The molecule has 1 saturated heterocycles. The van der Waals surface area contributed by atoms with Crippen LogP contribution in [-0.2, 0) is 19.4 Å². The molecule has 1 aliphatic carbocycles. The number of hydrogen-bond donors (Lipinski definition) is 1. The molecule has 32 heavy (non-hydrogen) atoms. The minimum absolute atomic E-state index is 0.104. The summed E-state index contributed by atoms with van der Waals surface area (Å²) in [6.45, 7) is 2.58. The summed E-state index contributed by atoms with van der Waals surface area (Å²) in [7, 11) is 0. The summed E-state index contributed by atoms with van der Waals surface area (Å²) in [6.07, 6.45) is 6.39. The Morgan fingerprint density at radius 2 is 1.62 bits per heavy atom. The molecular formula is C27H29N3O2. The molecule has 0 unspecified atom stereocenters. The van der Waals surface area contributed by atoms with Crippen molar-refractivity contribution in [3.63, 3.8) is 0 Å². The van der Waals surface area contributed by atoms with Crippen LogP contribution in [0, 0.1) is 0 Å². The number of aromatic nitrogens is 1. The van der Waals surface area contributed by atoms with E-state index >= 15 is 0 Å². The first kappa shape index (κ1) is 20.7. The van der Waals surface area contributed by atoms with E-state index in [9.17, 15) is 4.79 Å². The molecule has 0 spiro atoms. The summed E-state index contributed by atoms with van der Waals surface area (Å²) < 4.78 is 6.22. The fraction of sp³-hybridized carbons (Fsp3) is 0.333. The first-order valence-electron chi connectivity index (χ1n) is 11.5. The monoisotopic (exact) mass is 427 g/mol. The van der Waals surface area contributed by atoms with Gasteiger partial charge in [0.25, 0.3) is 5.91 Å². The Bertz CT molecular complexity index is 1020. The molecule has 1 fully saturated rings. The molecule has 0 radical (unpaired) electrons. The van der Waals surface area contributed by atoms with Crippen molar-refractivity contribution in [1.29, 1.82) is 0 Å². The Morgan fingerprint density at radius 1 is 0.938 bits per heavy atom. The van der Waals surface area contributed by atoms with Crippen molar-refractivity contribution in [3.8, 4) is 5.75 Å². The van der Waals surface area contributed by atoms with E-state index < -0.39 is 0 Å². The summed E-state index contributed by atoms with van der Waals surface area (Å²) in [5.41, 5.74) is 4.50. The van der Waals surface area contributed by atoms with Crippen LogP contribution in [0.1, 0.15) is 40.0 Å². The van der Waals surface area contributed by atoms with Gasteiger partial charge in [0.05, 0.1) is 12.2 Å². The minimum atomic E-state index is -0.104. The van der Waals surface area contributed by atoms with Gasteiger partial charge in [-0.1, -0.05) is 30.3 Å². The van der Waals surface area contributed by atoms with Crippen molar-refractivity contribution in [2.75, 3.05) is 13.1 Å². The number of rotatable bonds is 6. The third kappa shape index (κ3) is 4.83. The lowest BCUT2D eigenvalue weighted by molar-refractivity contribution is 0.0777. The molecule has 3 aromatic rings. The molecule has 2 aromatic carbocycles. The number of nitrogens with one attached hydrogen (secondary N) is 1. The summed E-state index contributed by atoms with van der Waals surface area (Å²) in [4.78, 5) is 19.2. The van der Waals surface area contributed by atoms with Crippen molar-refractivity contribution in [2.45, 2.75) is 44.4 Å². The van der Waals surface area contributed by atoms with E-state index in [0.29, 0.717) is 18.2 Å². The maximum atomic E-state index is 12.4. The van der Waals surface area contributed by atoms with E-state index in [-0.39, 0.29) is 12.0 Å². The average Bonchev–Trinajstić information content (AvgIpc) is 3.28. The van der Waals surface area contributed by atoms with Gasteiger partial charge in [-0.05, 0) is 73.2 Å². The Morgan fingerprint density at radius 3 is 2.28 bits per heavy atom. The SMILES string of the molecule is O=C(NCc1ccccn1)c1ccc(OC2CCN(C3Cc4ccccc4C3)CC2)cc1. The van der Waals surface area contributed by atoms with Crippen molar-refractivity contribution in [3.05, 3.63) is 95.3 Å². The third-order valence-electron chi connectivity index (χ3n) is 6.60. The van der Waals surface area contributed by atoms with Gasteiger partial charge in [-0.15, -0.1) is 0 Å². The number of nitrogens with zero attached hydrogens (tertiary/aromatic N) is 2. The standard InChI is InChI=1S/C27H29N3O2/c31-27(29-19-23-7-3-4-14-28-23)20-8-10-25(11-9-20)32-26-12-15-30(16-13-26)24-17-21-5-1-2-6-22(21)18-24/h1-11,14,24,26H,12-13,15-19H2,(H,29,31). The second kappa shape index (κ2) is 9.53. The maximum absolute atomic E-state index is 12.4. The highest BCUT2D eigenvalue weighted by atomic mass is 16.5. The molecule has 5 rings (SSSR count). The zero-order valence-electron chi connectivity index (χ0n) is 18.2. The van der Waals surface area contributed by atoms with Crippen LogP contribution in [0.15, 0.2) is 72.9 Å².